The number of amides is 1. The number of halogens is 1. The molecule has 3 heterocycles. The second kappa shape index (κ2) is 9.44. The highest BCUT2D eigenvalue weighted by atomic mass is 19.1. The van der Waals surface area contributed by atoms with E-state index in [9.17, 15) is 19.1 Å². The molecule has 8 nitrogen and oxygen atoms in total. The Morgan fingerprint density at radius 1 is 1.03 bits per heavy atom. The highest BCUT2D eigenvalue weighted by Crippen LogP contribution is 2.40. The molecule has 2 fully saturated rings. The minimum atomic E-state index is -1.10. The van der Waals surface area contributed by atoms with E-state index in [0.717, 1.165) is 13.1 Å². The average Bonchev–Trinajstić information content (AvgIpc) is 3.12. The SMILES string of the molecule is O=C1C(=O)N(CC[NH+]2CCOCC2)C(c2ccccc2F)/C1=C(\[O-])c1ccc2c(c1)OCCO2. The van der Waals surface area contributed by atoms with Crippen LogP contribution in [0.25, 0.3) is 5.76 Å². The molecular formula is C25H25FN2O6. The maximum absolute atomic E-state index is 14.9. The molecule has 1 N–H and O–H groups in total. The van der Waals surface area contributed by atoms with Crippen molar-refractivity contribution in [1.82, 2.24) is 4.90 Å². The number of rotatable bonds is 5. The van der Waals surface area contributed by atoms with Crippen molar-refractivity contribution in [2.75, 3.05) is 52.6 Å². The van der Waals surface area contributed by atoms with Gasteiger partial charge in [-0.2, -0.15) is 0 Å². The third kappa shape index (κ3) is 4.12. The Bertz CT molecular complexity index is 1140. The Kier molecular flexibility index (Phi) is 6.21. The predicted molar refractivity (Wildman–Crippen MR) is 117 cm³/mol. The standard InChI is InChI=1S/C25H25FN2O6/c26-18-4-2-1-3-17(18)22-21(23(29)16-5-6-19-20(15-16)34-14-13-33-19)24(30)25(31)28(22)8-7-27-9-11-32-12-10-27/h1-6,15,22,29H,7-14H2/b23-21+. The van der Waals surface area contributed by atoms with Crippen molar-refractivity contribution in [3.05, 3.63) is 65.0 Å². The topological polar surface area (TPSA) is 92.6 Å². The van der Waals surface area contributed by atoms with Gasteiger partial charge in [-0.3, -0.25) is 9.59 Å². The van der Waals surface area contributed by atoms with Crippen molar-refractivity contribution in [2.24, 2.45) is 0 Å². The van der Waals surface area contributed by atoms with Crippen LogP contribution in [0, 0.1) is 5.82 Å². The van der Waals surface area contributed by atoms with Crippen molar-refractivity contribution in [1.29, 1.82) is 0 Å². The normalized spacial score (nSPS) is 22.3. The Morgan fingerprint density at radius 2 is 1.76 bits per heavy atom. The fourth-order valence-corrected chi connectivity index (χ4v) is 4.65. The van der Waals surface area contributed by atoms with Crippen molar-refractivity contribution >= 4 is 17.4 Å². The molecule has 2 aromatic carbocycles. The smallest absolute Gasteiger partial charge is 0.295 e. The van der Waals surface area contributed by atoms with Crippen molar-refractivity contribution < 1.29 is 38.2 Å². The first-order valence-electron chi connectivity index (χ1n) is 11.4. The lowest BCUT2D eigenvalue weighted by Gasteiger charge is -2.30. The summed E-state index contributed by atoms with van der Waals surface area (Å²) in [5.74, 6) is -1.99. The van der Waals surface area contributed by atoms with Gasteiger partial charge in [0.15, 0.2) is 11.5 Å². The van der Waals surface area contributed by atoms with E-state index in [-0.39, 0.29) is 23.2 Å². The number of nitrogens with zero attached hydrogens (tertiary/aromatic N) is 1. The van der Waals surface area contributed by atoms with E-state index in [4.69, 9.17) is 14.2 Å². The van der Waals surface area contributed by atoms with Crippen LogP contribution >= 0.6 is 0 Å². The predicted octanol–water partition coefficient (Wildman–Crippen LogP) is -0.264. The number of nitrogens with one attached hydrogen (secondary N) is 1. The first kappa shape index (κ1) is 22.4. The van der Waals surface area contributed by atoms with Crippen LogP contribution in [0.5, 0.6) is 11.5 Å². The molecule has 3 aliphatic heterocycles. The summed E-state index contributed by atoms with van der Waals surface area (Å²) in [5, 5.41) is 13.6. The maximum atomic E-state index is 14.9. The number of likely N-dealkylation sites (tertiary alicyclic amines) is 1. The molecule has 34 heavy (non-hydrogen) atoms. The Labute approximate surface area is 196 Å². The molecule has 0 saturated carbocycles. The molecule has 0 spiro atoms. The van der Waals surface area contributed by atoms with Gasteiger partial charge in [0.1, 0.15) is 32.1 Å². The summed E-state index contributed by atoms with van der Waals surface area (Å²) < 4.78 is 31.3. The molecule has 0 aromatic heterocycles. The molecule has 1 atom stereocenters. The third-order valence-electron chi connectivity index (χ3n) is 6.44. The number of hydrogen-bond acceptors (Lipinski definition) is 6. The van der Waals surface area contributed by atoms with E-state index >= 15 is 0 Å². The van der Waals surface area contributed by atoms with Crippen molar-refractivity contribution in [3.8, 4) is 11.5 Å². The van der Waals surface area contributed by atoms with Gasteiger partial charge in [-0.15, -0.1) is 0 Å². The van der Waals surface area contributed by atoms with Crippen LogP contribution in [0.4, 0.5) is 4.39 Å². The highest BCUT2D eigenvalue weighted by Gasteiger charge is 2.45. The fraction of sp³-hybridized carbons (Fsp3) is 0.360. The van der Waals surface area contributed by atoms with Gasteiger partial charge in [0.2, 0.25) is 5.78 Å². The lowest BCUT2D eigenvalue weighted by molar-refractivity contribution is -0.907. The number of carbonyl (C=O) groups is 2. The van der Waals surface area contributed by atoms with Crippen LogP contribution in [-0.4, -0.2) is 69.2 Å². The molecule has 1 unspecified atom stereocenters. The van der Waals surface area contributed by atoms with Gasteiger partial charge in [-0.25, -0.2) is 4.39 Å². The van der Waals surface area contributed by atoms with E-state index in [1.165, 1.54) is 40.1 Å². The Hall–Kier alpha value is -3.43. The zero-order chi connectivity index (χ0) is 23.7. The van der Waals surface area contributed by atoms with Crippen LogP contribution in [0.15, 0.2) is 48.0 Å². The molecule has 3 aliphatic rings. The number of morpholine rings is 1. The number of ketones is 1. The number of fused-ring (bicyclic) bond motifs is 1. The lowest BCUT2D eigenvalue weighted by atomic mass is 9.94. The molecule has 0 aliphatic carbocycles. The first-order valence-corrected chi connectivity index (χ1v) is 11.4. The van der Waals surface area contributed by atoms with E-state index in [2.05, 4.69) is 0 Å². The largest absolute Gasteiger partial charge is 0.872 e. The van der Waals surface area contributed by atoms with E-state index in [0.29, 0.717) is 44.5 Å². The van der Waals surface area contributed by atoms with Gasteiger partial charge in [-0.05, 0) is 23.8 Å². The first-order chi connectivity index (χ1) is 16.5. The average molecular weight is 468 g/mol. The van der Waals surface area contributed by atoms with Gasteiger partial charge >= 0.3 is 0 Å². The van der Waals surface area contributed by atoms with Crippen LogP contribution in [0.1, 0.15) is 17.2 Å². The van der Waals surface area contributed by atoms with Gasteiger partial charge < -0.3 is 29.1 Å². The van der Waals surface area contributed by atoms with Crippen molar-refractivity contribution in [3.63, 3.8) is 0 Å². The summed E-state index contributed by atoms with van der Waals surface area (Å²) in [4.78, 5) is 28.7. The van der Waals surface area contributed by atoms with Crippen LogP contribution in [0.2, 0.25) is 0 Å². The molecule has 0 bridgehead atoms. The molecular weight excluding hydrogens is 443 g/mol. The van der Waals surface area contributed by atoms with Gasteiger partial charge in [-0.1, -0.05) is 30.0 Å². The maximum Gasteiger partial charge on any atom is 0.295 e. The Morgan fingerprint density at radius 3 is 2.53 bits per heavy atom. The van der Waals surface area contributed by atoms with Gasteiger partial charge in [0.05, 0.1) is 32.3 Å². The second-order valence-electron chi connectivity index (χ2n) is 8.47. The Balaban J connectivity index is 1.55. The number of ether oxygens (including phenoxy) is 3. The summed E-state index contributed by atoms with van der Waals surface area (Å²) >= 11 is 0. The van der Waals surface area contributed by atoms with Crippen LogP contribution < -0.4 is 19.5 Å². The summed E-state index contributed by atoms with van der Waals surface area (Å²) in [6.07, 6.45) is 0. The number of Topliss-reactive ketones (excluding diaryl/α,β-unsaturated/α-hetero) is 1. The fourth-order valence-electron chi connectivity index (χ4n) is 4.65. The second-order valence-corrected chi connectivity index (χ2v) is 8.47. The molecule has 9 heteroatoms. The summed E-state index contributed by atoms with van der Waals surface area (Å²) in [5.41, 5.74) is 0.0609. The third-order valence-corrected chi connectivity index (χ3v) is 6.44. The van der Waals surface area contributed by atoms with E-state index in [1.807, 2.05) is 0 Å². The summed E-state index contributed by atoms with van der Waals surface area (Å²) in [6.45, 7) is 4.35. The minimum absolute atomic E-state index is 0.125. The lowest BCUT2D eigenvalue weighted by Crippen LogP contribution is -3.14. The number of hydrogen-bond donors (Lipinski definition) is 1. The van der Waals surface area contributed by atoms with Gasteiger partial charge in [0, 0.05) is 11.1 Å². The molecule has 1 amide bonds. The summed E-state index contributed by atoms with van der Waals surface area (Å²) in [7, 11) is 0. The van der Waals surface area contributed by atoms with Crippen LogP contribution in [0.3, 0.4) is 0 Å². The molecule has 5 rings (SSSR count). The minimum Gasteiger partial charge on any atom is -0.872 e. The van der Waals surface area contributed by atoms with Crippen LogP contribution in [-0.2, 0) is 14.3 Å². The number of carbonyl (C=O) groups excluding carboxylic acids is 2. The molecule has 2 aromatic rings. The van der Waals surface area contributed by atoms with E-state index < -0.39 is 29.3 Å². The van der Waals surface area contributed by atoms with E-state index in [1.54, 1.807) is 12.1 Å². The zero-order valence-electron chi connectivity index (χ0n) is 18.6. The van der Waals surface area contributed by atoms with Gasteiger partial charge in [0.25, 0.3) is 5.91 Å². The number of quaternary nitrogens is 1. The molecule has 2 saturated heterocycles. The molecule has 0 radical (unpaired) electrons. The number of benzene rings is 2. The highest BCUT2D eigenvalue weighted by molar-refractivity contribution is 6.46. The zero-order valence-corrected chi connectivity index (χ0v) is 18.6. The summed E-state index contributed by atoms with van der Waals surface area (Å²) in [6, 6.07) is 9.46. The molecule has 178 valence electrons. The monoisotopic (exact) mass is 468 g/mol. The quantitative estimate of drug-likeness (QED) is 0.369. The van der Waals surface area contributed by atoms with Crippen molar-refractivity contribution in [2.45, 2.75) is 6.04 Å².